The van der Waals surface area contributed by atoms with Crippen LogP contribution in [0.4, 0.5) is 5.69 Å². The van der Waals surface area contributed by atoms with Crippen LogP contribution in [0.1, 0.15) is 23.1 Å². The normalized spacial score (nSPS) is 11.3. The number of anilines is 1. The van der Waals surface area contributed by atoms with E-state index in [-0.39, 0.29) is 24.8 Å². The van der Waals surface area contributed by atoms with Crippen molar-refractivity contribution in [2.24, 2.45) is 0 Å². The predicted molar refractivity (Wildman–Crippen MR) is 156 cm³/mol. The minimum atomic E-state index is -0.872. The fraction of sp³-hybridized carbons (Fsp3) is 0.212. The number of carbonyl (C=O) groups is 2. The summed E-state index contributed by atoms with van der Waals surface area (Å²) in [5.74, 6) is 1.51. The number of amides is 2. The molecule has 40 heavy (non-hydrogen) atoms. The molecule has 2 N–H and O–H groups in total. The second kappa shape index (κ2) is 14.5. The number of hydrogen-bond donors (Lipinski definition) is 2. The molecular formula is C33H34N2O5. The standard InChI is InChI=1S/C33H34N2O5/c1-24-13-17-30(38-2)21-26(24)14-20-32(36)35-31(23-39-22-25-9-5-3-6-10-25)33(37)34-27-15-18-29(19-16-27)40-28-11-7-4-8-12-28/h3-13,15-19,21,31H,14,20,22-23H2,1-2H3,(H,34,37)(H,35,36). The van der Waals surface area contributed by atoms with Crippen molar-refractivity contribution in [1.29, 1.82) is 0 Å². The molecular weight excluding hydrogens is 504 g/mol. The van der Waals surface area contributed by atoms with E-state index >= 15 is 0 Å². The third kappa shape index (κ3) is 8.71. The summed E-state index contributed by atoms with van der Waals surface area (Å²) in [6, 6.07) is 31.1. The first kappa shape index (κ1) is 28.4. The Morgan fingerprint density at radius 2 is 1.45 bits per heavy atom. The van der Waals surface area contributed by atoms with Gasteiger partial charge in [0.15, 0.2) is 0 Å². The zero-order chi connectivity index (χ0) is 28.2. The quantitative estimate of drug-likeness (QED) is 0.216. The van der Waals surface area contributed by atoms with Crippen LogP contribution in [0.25, 0.3) is 0 Å². The first-order valence-corrected chi connectivity index (χ1v) is 13.2. The van der Waals surface area contributed by atoms with Gasteiger partial charge in [-0.25, -0.2) is 0 Å². The average molecular weight is 539 g/mol. The summed E-state index contributed by atoms with van der Waals surface area (Å²) >= 11 is 0. The number of hydrogen-bond acceptors (Lipinski definition) is 5. The molecule has 4 aromatic rings. The fourth-order valence-electron chi connectivity index (χ4n) is 4.07. The summed E-state index contributed by atoms with van der Waals surface area (Å²) in [5.41, 5.74) is 3.66. The summed E-state index contributed by atoms with van der Waals surface area (Å²) in [6.07, 6.45) is 0.749. The van der Waals surface area contributed by atoms with Gasteiger partial charge in [0.2, 0.25) is 11.8 Å². The van der Waals surface area contributed by atoms with Gasteiger partial charge in [0.05, 0.1) is 20.3 Å². The van der Waals surface area contributed by atoms with E-state index in [2.05, 4.69) is 10.6 Å². The zero-order valence-electron chi connectivity index (χ0n) is 22.8. The van der Waals surface area contributed by atoms with Crippen LogP contribution in [-0.4, -0.2) is 31.6 Å². The van der Waals surface area contributed by atoms with Crippen molar-refractivity contribution < 1.29 is 23.8 Å². The molecule has 4 aromatic carbocycles. The molecule has 0 radical (unpaired) electrons. The first-order valence-electron chi connectivity index (χ1n) is 13.2. The maximum atomic E-state index is 13.2. The topological polar surface area (TPSA) is 85.9 Å². The molecule has 0 spiro atoms. The second-order valence-electron chi connectivity index (χ2n) is 9.34. The van der Waals surface area contributed by atoms with Gasteiger partial charge in [-0.15, -0.1) is 0 Å². The van der Waals surface area contributed by atoms with E-state index in [1.54, 1.807) is 31.4 Å². The molecule has 0 aliphatic carbocycles. The number of aryl methyl sites for hydroxylation is 2. The number of ether oxygens (including phenoxy) is 3. The number of methoxy groups -OCH3 is 1. The number of nitrogens with one attached hydrogen (secondary N) is 2. The van der Waals surface area contributed by atoms with Gasteiger partial charge in [0, 0.05) is 12.1 Å². The highest BCUT2D eigenvalue weighted by atomic mass is 16.5. The Balaban J connectivity index is 1.37. The molecule has 7 nitrogen and oxygen atoms in total. The van der Waals surface area contributed by atoms with Gasteiger partial charge < -0.3 is 24.8 Å². The van der Waals surface area contributed by atoms with Gasteiger partial charge in [0.25, 0.3) is 0 Å². The lowest BCUT2D eigenvalue weighted by atomic mass is 10.0. The molecule has 2 amide bonds. The Labute approximate surface area is 235 Å². The van der Waals surface area contributed by atoms with Gasteiger partial charge in [-0.2, -0.15) is 0 Å². The summed E-state index contributed by atoms with van der Waals surface area (Å²) in [7, 11) is 1.61. The molecule has 4 rings (SSSR count). The van der Waals surface area contributed by atoms with Crippen molar-refractivity contribution in [2.45, 2.75) is 32.4 Å². The Morgan fingerprint density at radius 3 is 2.15 bits per heavy atom. The van der Waals surface area contributed by atoms with E-state index in [9.17, 15) is 9.59 Å². The van der Waals surface area contributed by atoms with Crippen molar-refractivity contribution in [3.63, 3.8) is 0 Å². The molecule has 0 saturated carbocycles. The van der Waals surface area contributed by atoms with Gasteiger partial charge in [0.1, 0.15) is 23.3 Å². The van der Waals surface area contributed by atoms with Gasteiger partial charge in [-0.3, -0.25) is 9.59 Å². The van der Waals surface area contributed by atoms with Crippen LogP contribution >= 0.6 is 0 Å². The highest BCUT2D eigenvalue weighted by Crippen LogP contribution is 2.23. The highest BCUT2D eigenvalue weighted by Gasteiger charge is 2.22. The minimum absolute atomic E-state index is 0.0276. The Kier molecular flexibility index (Phi) is 10.3. The van der Waals surface area contributed by atoms with E-state index in [0.717, 1.165) is 28.2 Å². The second-order valence-corrected chi connectivity index (χ2v) is 9.34. The van der Waals surface area contributed by atoms with Crippen molar-refractivity contribution in [3.8, 4) is 17.2 Å². The smallest absolute Gasteiger partial charge is 0.249 e. The third-order valence-corrected chi connectivity index (χ3v) is 6.33. The van der Waals surface area contributed by atoms with Crippen molar-refractivity contribution in [1.82, 2.24) is 5.32 Å². The SMILES string of the molecule is COc1ccc(C)c(CCC(=O)NC(COCc2ccccc2)C(=O)Nc2ccc(Oc3ccccc3)cc2)c1. The van der Waals surface area contributed by atoms with Gasteiger partial charge in [-0.1, -0.05) is 54.6 Å². The largest absolute Gasteiger partial charge is 0.497 e. The maximum Gasteiger partial charge on any atom is 0.249 e. The lowest BCUT2D eigenvalue weighted by Gasteiger charge is -2.19. The van der Waals surface area contributed by atoms with Crippen molar-refractivity contribution in [2.75, 3.05) is 19.0 Å². The molecule has 7 heteroatoms. The maximum absolute atomic E-state index is 13.2. The van der Waals surface area contributed by atoms with Crippen LogP contribution in [0, 0.1) is 6.92 Å². The predicted octanol–water partition coefficient (Wildman–Crippen LogP) is 6.07. The number of para-hydroxylation sites is 1. The van der Waals surface area contributed by atoms with Crippen LogP contribution in [0.15, 0.2) is 103 Å². The lowest BCUT2D eigenvalue weighted by Crippen LogP contribution is -2.46. The monoisotopic (exact) mass is 538 g/mol. The zero-order valence-corrected chi connectivity index (χ0v) is 22.8. The number of carbonyl (C=O) groups excluding carboxylic acids is 2. The summed E-state index contributed by atoms with van der Waals surface area (Å²) < 4.78 is 17.0. The third-order valence-electron chi connectivity index (χ3n) is 6.33. The number of benzene rings is 4. The minimum Gasteiger partial charge on any atom is -0.497 e. The molecule has 0 fully saturated rings. The van der Waals surface area contributed by atoms with Crippen LogP contribution in [0.5, 0.6) is 17.2 Å². The van der Waals surface area contributed by atoms with E-state index in [4.69, 9.17) is 14.2 Å². The highest BCUT2D eigenvalue weighted by molar-refractivity contribution is 5.97. The van der Waals surface area contributed by atoms with Crippen LogP contribution in [-0.2, 0) is 27.4 Å². The number of rotatable bonds is 13. The average Bonchev–Trinajstić information content (AvgIpc) is 2.98. The summed E-state index contributed by atoms with van der Waals surface area (Å²) in [6.45, 7) is 2.35. The van der Waals surface area contributed by atoms with Gasteiger partial charge in [-0.05, 0) is 78.6 Å². The summed E-state index contributed by atoms with van der Waals surface area (Å²) in [4.78, 5) is 26.1. The Hall–Kier alpha value is -4.62. The van der Waals surface area contributed by atoms with Crippen molar-refractivity contribution in [3.05, 3.63) is 120 Å². The molecule has 1 atom stereocenters. The Bertz CT molecular complexity index is 1380. The van der Waals surface area contributed by atoms with Crippen LogP contribution in [0.3, 0.4) is 0 Å². The van der Waals surface area contributed by atoms with Gasteiger partial charge >= 0.3 is 0 Å². The molecule has 0 aromatic heterocycles. The van der Waals surface area contributed by atoms with E-state index in [0.29, 0.717) is 24.5 Å². The van der Waals surface area contributed by atoms with Crippen LogP contribution in [0.2, 0.25) is 0 Å². The van der Waals surface area contributed by atoms with E-state index < -0.39 is 6.04 Å². The molecule has 0 aliphatic rings. The Morgan fingerprint density at radius 1 is 0.800 bits per heavy atom. The fourth-order valence-corrected chi connectivity index (χ4v) is 4.07. The lowest BCUT2D eigenvalue weighted by molar-refractivity contribution is -0.128. The van der Waals surface area contributed by atoms with Crippen LogP contribution < -0.4 is 20.1 Å². The molecule has 0 bridgehead atoms. The molecule has 206 valence electrons. The van der Waals surface area contributed by atoms with E-state index in [1.165, 1.54) is 0 Å². The molecule has 0 heterocycles. The molecule has 1 unspecified atom stereocenters. The first-order chi connectivity index (χ1) is 19.5. The van der Waals surface area contributed by atoms with E-state index in [1.807, 2.05) is 85.8 Å². The summed E-state index contributed by atoms with van der Waals surface area (Å²) in [5, 5.41) is 5.73. The molecule has 0 aliphatic heterocycles. The van der Waals surface area contributed by atoms with Crippen molar-refractivity contribution >= 4 is 17.5 Å². The molecule has 0 saturated heterocycles.